The van der Waals surface area contributed by atoms with Crippen LogP contribution in [-0.4, -0.2) is 10.9 Å². The molecule has 0 unspecified atom stereocenters. The summed E-state index contributed by atoms with van der Waals surface area (Å²) in [4.78, 5) is 8.00. The van der Waals surface area contributed by atoms with Gasteiger partial charge in [0.15, 0.2) is 5.89 Å². The Morgan fingerprint density at radius 2 is 2.31 bits per heavy atom. The fourth-order valence-corrected chi connectivity index (χ4v) is 0.923. The summed E-state index contributed by atoms with van der Waals surface area (Å²) >= 11 is 0. The highest BCUT2D eigenvalue weighted by molar-refractivity contribution is 5.77. The topological polar surface area (TPSA) is 102 Å². The molecule has 5 N–H and O–H groups in total. The predicted molar refractivity (Wildman–Crippen MR) is 48.6 cm³/mol. The first-order chi connectivity index (χ1) is 6.13. The van der Waals surface area contributed by atoms with Crippen LogP contribution in [0.1, 0.15) is 17.3 Å². The number of nitrogens with zero attached hydrogens (tertiary/aromatic N) is 2. The highest BCUT2D eigenvalue weighted by Gasteiger charge is 2.04. The van der Waals surface area contributed by atoms with Crippen molar-refractivity contribution in [2.45, 2.75) is 20.4 Å². The quantitative estimate of drug-likeness (QED) is 0.250. The van der Waals surface area contributed by atoms with Crippen LogP contribution in [0.25, 0.3) is 0 Å². The van der Waals surface area contributed by atoms with Crippen LogP contribution in [0.4, 0.5) is 0 Å². The van der Waals surface area contributed by atoms with Crippen LogP contribution >= 0.6 is 0 Å². The molecule has 0 aliphatic carbocycles. The molecule has 6 heteroatoms. The molecule has 1 aromatic rings. The molecule has 0 aromatic carbocycles. The minimum atomic E-state index is 0.174. The number of hydrogen-bond acceptors (Lipinski definition) is 4. The van der Waals surface area contributed by atoms with E-state index < -0.39 is 0 Å². The summed E-state index contributed by atoms with van der Waals surface area (Å²) in [5, 5.41) is 0. The van der Waals surface area contributed by atoms with Crippen LogP contribution in [0.3, 0.4) is 0 Å². The number of aliphatic imine (C=N–C) groups is 1. The Bertz CT molecular complexity index is 317. The van der Waals surface area contributed by atoms with Gasteiger partial charge in [0.25, 0.3) is 0 Å². The number of nitrogens with two attached hydrogens (primary N) is 2. The van der Waals surface area contributed by atoms with E-state index in [9.17, 15) is 0 Å². The number of rotatable bonds is 2. The molecule has 0 spiro atoms. The van der Waals surface area contributed by atoms with Gasteiger partial charge in [-0.15, -0.1) is 0 Å². The van der Waals surface area contributed by atoms with E-state index in [4.69, 9.17) is 16.0 Å². The molecule has 1 heterocycles. The lowest BCUT2D eigenvalue weighted by atomic mass is 10.4. The van der Waals surface area contributed by atoms with Crippen LogP contribution in [0, 0.1) is 13.8 Å². The molecule has 72 valence electrons. The van der Waals surface area contributed by atoms with Crippen LogP contribution < -0.4 is 17.0 Å². The van der Waals surface area contributed by atoms with E-state index in [0.29, 0.717) is 18.2 Å². The second-order valence-electron chi connectivity index (χ2n) is 2.59. The maximum absolute atomic E-state index is 5.33. The standard InChI is InChI=1S/C7H13N5O/c1-4-6(13-5(2)11-4)3-10-7(8)12-9/h3,9H2,1-2H3,(H3,8,10,12). The molecular weight excluding hydrogens is 170 g/mol. The van der Waals surface area contributed by atoms with E-state index in [2.05, 4.69) is 15.4 Å². The van der Waals surface area contributed by atoms with Gasteiger partial charge < -0.3 is 10.2 Å². The normalized spacial score (nSPS) is 11.8. The zero-order valence-electron chi connectivity index (χ0n) is 7.66. The molecule has 0 saturated heterocycles. The van der Waals surface area contributed by atoms with Crippen molar-refractivity contribution >= 4 is 5.96 Å². The Morgan fingerprint density at radius 3 is 2.77 bits per heavy atom. The minimum absolute atomic E-state index is 0.174. The molecule has 0 radical (unpaired) electrons. The summed E-state index contributed by atoms with van der Waals surface area (Å²) in [6.07, 6.45) is 0. The van der Waals surface area contributed by atoms with E-state index in [1.165, 1.54) is 0 Å². The number of hydrogen-bond donors (Lipinski definition) is 3. The molecule has 0 atom stereocenters. The molecule has 1 rings (SSSR count). The lowest BCUT2D eigenvalue weighted by Gasteiger charge is -1.96. The number of guanidine groups is 1. The Labute approximate surface area is 76.0 Å². The van der Waals surface area contributed by atoms with Gasteiger partial charge in [-0.2, -0.15) is 0 Å². The van der Waals surface area contributed by atoms with Crippen molar-refractivity contribution in [2.24, 2.45) is 16.6 Å². The summed E-state index contributed by atoms with van der Waals surface area (Å²) in [5.41, 5.74) is 8.38. The molecule has 1 aromatic heterocycles. The van der Waals surface area contributed by atoms with Crippen molar-refractivity contribution in [3.8, 4) is 0 Å². The Balaban J connectivity index is 2.69. The molecule has 0 bridgehead atoms. The maximum Gasteiger partial charge on any atom is 0.203 e. The Hall–Kier alpha value is -1.56. The first-order valence-electron chi connectivity index (χ1n) is 3.83. The molecule has 6 nitrogen and oxygen atoms in total. The van der Waals surface area contributed by atoms with Crippen LogP contribution in [0.15, 0.2) is 9.41 Å². The fourth-order valence-electron chi connectivity index (χ4n) is 0.923. The van der Waals surface area contributed by atoms with Gasteiger partial charge in [0.05, 0.1) is 5.69 Å². The second kappa shape index (κ2) is 3.90. The highest BCUT2D eigenvalue weighted by atomic mass is 16.4. The number of aryl methyl sites for hydroxylation is 2. The molecule has 0 aliphatic heterocycles. The van der Waals surface area contributed by atoms with Gasteiger partial charge in [-0.05, 0) is 6.92 Å². The monoisotopic (exact) mass is 183 g/mol. The number of oxazole rings is 1. The predicted octanol–water partition coefficient (Wildman–Crippen LogP) is -0.431. The zero-order valence-corrected chi connectivity index (χ0v) is 7.66. The first kappa shape index (κ1) is 9.53. The van der Waals surface area contributed by atoms with Crippen molar-refractivity contribution < 1.29 is 4.42 Å². The smallest absolute Gasteiger partial charge is 0.203 e. The molecule has 0 fully saturated rings. The van der Waals surface area contributed by atoms with Gasteiger partial charge >= 0.3 is 0 Å². The summed E-state index contributed by atoms with van der Waals surface area (Å²) < 4.78 is 5.27. The van der Waals surface area contributed by atoms with Gasteiger partial charge in [0.2, 0.25) is 5.96 Å². The Morgan fingerprint density at radius 1 is 1.62 bits per heavy atom. The maximum atomic E-state index is 5.33. The largest absolute Gasteiger partial charge is 0.444 e. The van der Waals surface area contributed by atoms with E-state index in [-0.39, 0.29) is 5.96 Å². The first-order valence-corrected chi connectivity index (χ1v) is 3.83. The second-order valence-corrected chi connectivity index (χ2v) is 2.59. The average Bonchev–Trinajstić information content (AvgIpc) is 2.41. The van der Waals surface area contributed by atoms with E-state index >= 15 is 0 Å². The average molecular weight is 183 g/mol. The minimum Gasteiger partial charge on any atom is -0.444 e. The number of hydrazine groups is 1. The van der Waals surface area contributed by atoms with Gasteiger partial charge in [-0.1, -0.05) is 0 Å². The van der Waals surface area contributed by atoms with Gasteiger partial charge in [0, 0.05) is 6.92 Å². The van der Waals surface area contributed by atoms with Crippen molar-refractivity contribution in [2.75, 3.05) is 0 Å². The molecule has 0 amide bonds. The van der Waals surface area contributed by atoms with Gasteiger partial charge in [-0.3, -0.25) is 5.43 Å². The van der Waals surface area contributed by atoms with E-state index in [1.807, 2.05) is 6.92 Å². The lowest BCUT2D eigenvalue weighted by molar-refractivity contribution is 0.476. The molecular formula is C7H13N5O. The van der Waals surface area contributed by atoms with Crippen molar-refractivity contribution in [3.63, 3.8) is 0 Å². The fraction of sp³-hybridized carbons (Fsp3) is 0.429. The highest BCUT2D eigenvalue weighted by Crippen LogP contribution is 2.09. The lowest BCUT2D eigenvalue weighted by Crippen LogP contribution is -2.37. The summed E-state index contributed by atoms with van der Waals surface area (Å²) in [7, 11) is 0. The molecule has 0 saturated carbocycles. The van der Waals surface area contributed by atoms with Gasteiger partial charge in [-0.25, -0.2) is 15.8 Å². The summed E-state index contributed by atoms with van der Waals surface area (Å²) in [6.45, 7) is 3.99. The molecule has 0 aliphatic rings. The van der Waals surface area contributed by atoms with Crippen LogP contribution in [-0.2, 0) is 6.54 Å². The third-order valence-corrected chi connectivity index (χ3v) is 1.54. The van der Waals surface area contributed by atoms with Gasteiger partial charge in [0.1, 0.15) is 12.3 Å². The SMILES string of the molecule is Cc1nc(C)c(CN=C(N)NN)o1. The van der Waals surface area contributed by atoms with Crippen LogP contribution in [0.2, 0.25) is 0 Å². The molecule has 13 heavy (non-hydrogen) atoms. The number of nitrogens with one attached hydrogen (secondary N) is 1. The van der Waals surface area contributed by atoms with Crippen molar-refractivity contribution in [1.82, 2.24) is 10.4 Å². The number of aromatic nitrogens is 1. The Kier molecular flexibility index (Phi) is 2.86. The zero-order chi connectivity index (χ0) is 9.84. The third kappa shape index (κ3) is 2.45. The summed E-state index contributed by atoms with van der Waals surface area (Å²) in [6, 6.07) is 0. The van der Waals surface area contributed by atoms with Crippen LogP contribution in [0.5, 0.6) is 0 Å². The van der Waals surface area contributed by atoms with Crippen molar-refractivity contribution in [1.29, 1.82) is 0 Å². The summed E-state index contributed by atoms with van der Waals surface area (Å²) in [5.74, 6) is 6.53. The third-order valence-electron chi connectivity index (χ3n) is 1.54. The van der Waals surface area contributed by atoms with E-state index in [1.54, 1.807) is 6.92 Å². The van der Waals surface area contributed by atoms with Crippen molar-refractivity contribution in [3.05, 3.63) is 17.3 Å². The van der Waals surface area contributed by atoms with E-state index in [0.717, 1.165) is 5.69 Å².